The Morgan fingerprint density at radius 3 is 2.57 bits per heavy atom. The summed E-state index contributed by atoms with van der Waals surface area (Å²) in [5.74, 6) is -1.38. The lowest BCUT2D eigenvalue weighted by Gasteiger charge is -2.11. The van der Waals surface area contributed by atoms with Gasteiger partial charge in [-0.15, -0.1) is 0 Å². The van der Waals surface area contributed by atoms with E-state index in [1.54, 1.807) is 12.1 Å². The van der Waals surface area contributed by atoms with Crippen molar-refractivity contribution < 1.29 is 23.2 Å². The molecule has 0 fully saturated rings. The van der Waals surface area contributed by atoms with E-state index in [-0.39, 0.29) is 23.2 Å². The van der Waals surface area contributed by atoms with Crippen LogP contribution in [0.25, 0.3) is 0 Å². The number of halogens is 2. The molecule has 1 aliphatic heterocycles. The molecule has 3 amide bonds. The quantitative estimate of drug-likeness (QED) is 0.613. The van der Waals surface area contributed by atoms with Crippen LogP contribution in [0, 0.1) is 5.82 Å². The number of nitrogens with one attached hydrogen (secondary N) is 1. The molecule has 8 heteroatoms. The zero-order chi connectivity index (χ0) is 19.8. The standard InChI is InChI=1S/C20H12BrFN2O4/c21-16-9-12(22)4-6-17(16)23-18(25)11-3-5-14-15(8-11)20(27)24(19(14)26)10-13-2-1-7-28-13/h1-9H,10H2,(H,23,25). The molecule has 6 nitrogen and oxygen atoms in total. The van der Waals surface area contributed by atoms with E-state index in [0.29, 0.717) is 15.9 Å². The molecule has 0 radical (unpaired) electrons. The largest absolute Gasteiger partial charge is 0.467 e. The van der Waals surface area contributed by atoms with E-state index in [9.17, 15) is 18.8 Å². The molecule has 3 aromatic rings. The normalized spacial score (nSPS) is 13.0. The third kappa shape index (κ3) is 3.22. The number of anilines is 1. The fraction of sp³-hybridized carbons (Fsp3) is 0.0500. The summed E-state index contributed by atoms with van der Waals surface area (Å²) in [5.41, 5.74) is 0.975. The van der Waals surface area contributed by atoms with Gasteiger partial charge < -0.3 is 9.73 Å². The SMILES string of the molecule is O=C(Nc1ccc(F)cc1Br)c1ccc2c(c1)C(=O)N(Cc1ccco1)C2=O. The van der Waals surface area contributed by atoms with Crippen LogP contribution in [0.5, 0.6) is 0 Å². The van der Waals surface area contributed by atoms with Crippen molar-refractivity contribution in [1.29, 1.82) is 0 Å². The van der Waals surface area contributed by atoms with E-state index < -0.39 is 23.5 Å². The number of hydrogen-bond donors (Lipinski definition) is 1. The summed E-state index contributed by atoms with van der Waals surface area (Å²) >= 11 is 3.18. The average Bonchev–Trinajstić information content (AvgIpc) is 3.27. The molecule has 1 aliphatic rings. The average molecular weight is 443 g/mol. The second-order valence-electron chi connectivity index (χ2n) is 6.11. The molecule has 1 aromatic heterocycles. The zero-order valence-corrected chi connectivity index (χ0v) is 15.8. The van der Waals surface area contributed by atoms with Crippen molar-refractivity contribution in [1.82, 2.24) is 4.90 Å². The van der Waals surface area contributed by atoms with E-state index in [1.807, 2.05) is 0 Å². The van der Waals surface area contributed by atoms with Gasteiger partial charge in [0.05, 0.1) is 29.6 Å². The third-order valence-electron chi connectivity index (χ3n) is 4.31. The number of benzene rings is 2. The van der Waals surface area contributed by atoms with E-state index in [1.165, 1.54) is 42.7 Å². The Hall–Kier alpha value is -3.26. The molecule has 0 saturated carbocycles. The molecule has 0 saturated heterocycles. The first kappa shape index (κ1) is 18.1. The smallest absolute Gasteiger partial charge is 0.261 e. The highest BCUT2D eigenvalue weighted by Gasteiger charge is 2.36. The zero-order valence-electron chi connectivity index (χ0n) is 14.2. The van der Waals surface area contributed by atoms with Crippen LogP contribution in [0.4, 0.5) is 10.1 Å². The maximum absolute atomic E-state index is 13.2. The molecule has 4 rings (SSSR count). The summed E-state index contributed by atoms with van der Waals surface area (Å²) in [6.45, 7) is 0.0173. The third-order valence-corrected chi connectivity index (χ3v) is 4.96. The fourth-order valence-corrected chi connectivity index (χ4v) is 3.37. The van der Waals surface area contributed by atoms with Gasteiger partial charge >= 0.3 is 0 Å². The van der Waals surface area contributed by atoms with Crippen LogP contribution in [-0.4, -0.2) is 22.6 Å². The number of carbonyl (C=O) groups is 3. The molecule has 28 heavy (non-hydrogen) atoms. The van der Waals surface area contributed by atoms with Crippen LogP contribution in [0.2, 0.25) is 0 Å². The Bertz CT molecular complexity index is 1110. The first-order valence-electron chi connectivity index (χ1n) is 8.23. The predicted molar refractivity (Wildman–Crippen MR) is 101 cm³/mol. The highest BCUT2D eigenvalue weighted by atomic mass is 79.9. The Morgan fingerprint density at radius 2 is 1.86 bits per heavy atom. The molecule has 0 aliphatic carbocycles. The summed E-state index contributed by atoms with van der Waals surface area (Å²) in [6, 6.07) is 11.5. The van der Waals surface area contributed by atoms with E-state index >= 15 is 0 Å². The minimum Gasteiger partial charge on any atom is -0.467 e. The molecule has 1 N–H and O–H groups in total. The number of hydrogen-bond acceptors (Lipinski definition) is 4. The number of imide groups is 1. The van der Waals surface area contributed by atoms with Crippen LogP contribution in [0.1, 0.15) is 36.8 Å². The van der Waals surface area contributed by atoms with Crippen molar-refractivity contribution in [2.45, 2.75) is 6.54 Å². The van der Waals surface area contributed by atoms with Gasteiger partial charge in [-0.1, -0.05) is 0 Å². The van der Waals surface area contributed by atoms with Crippen molar-refractivity contribution in [3.05, 3.63) is 87.5 Å². The fourth-order valence-electron chi connectivity index (χ4n) is 2.92. The number of carbonyl (C=O) groups excluding carboxylic acids is 3. The second kappa shape index (κ2) is 7.05. The number of amides is 3. The Balaban J connectivity index is 1.58. The molecule has 0 atom stereocenters. The van der Waals surface area contributed by atoms with Gasteiger partial charge in [-0.2, -0.15) is 0 Å². The Kier molecular flexibility index (Phi) is 4.56. The Labute approximate surface area is 167 Å². The number of fused-ring (bicyclic) bond motifs is 1. The summed E-state index contributed by atoms with van der Waals surface area (Å²) in [5, 5.41) is 2.64. The monoisotopic (exact) mass is 442 g/mol. The van der Waals surface area contributed by atoms with Gasteiger partial charge in [0.15, 0.2) is 0 Å². The summed E-state index contributed by atoms with van der Waals surface area (Å²) < 4.78 is 18.8. The molecule has 0 unspecified atom stereocenters. The molecule has 0 bridgehead atoms. The minimum atomic E-state index is -0.492. The summed E-state index contributed by atoms with van der Waals surface area (Å²) in [7, 11) is 0. The lowest BCUT2D eigenvalue weighted by Crippen LogP contribution is -2.28. The summed E-state index contributed by atoms with van der Waals surface area (Å²) in [4.78, 5) is 38.7. The van der Waals surface area contributed by atoms with E-state index in [0.717, 1.165) is 4.90 Å². The topological polar surface area (TPSA) is 79.6 Å². The van der Waals surface area contributed by atoms with Gasteiger partial charge in [0.2, 0.25) is 0 Å². The Morgan fingerprint density at radius 1 is 1.07 bits per heavy atom. The van der Waals surface area contributed by atoms with Crippen molar-refractivity contribution in [2.75, 3.05) is 5.32 Å². The second-order valence-corrected chi connectivity index (χ2v) is 6.97. The molecule has 0 spiro atoms. The molecule has 2 aromatic carbocycles. The van der Waals surface area contributed by atoms with Gasteiger partial charge in [0.1, 0.15) is 11.6 Å². The van der Waals surface area contributed by atoms with Gasteiger partial charge in [-0.05, 0) is 64.5 Å². The van der Waals surface area contributed by atoms with Crippen molar-refractivity contribution in [3.63, 3.8) is 0 Å². The predicted octanol–water partition coefficient (Wildman–Crippen LogP) is 4.23. The van der Waals surface area contributed by atoms with Crippen molar-refractivity contribution >= 4 is 39.3 Å². The van der Waals surface area contributed by atoms with Gasteiger partial charge in [0.25, 0.3) is 17.7 Å². The van der Waals surface area contributed by atoms with Crippen LogP contribution in [-0.2, 0) is 6.54 Å². The highest BCUT2D eigenvalue weighted by Crippen LogP contribution is 2.27. The van der Waals surface area contributed by atoms with Crippen LogP contribution in [0.15, 0.2) is 63.7 Å². The molecule has 2 heterocycles. The van der Waals surface area contributed by atoms with Gasteiger partial charge in [-0.3, -0.25) is 19.3 Å². The van der Waals surface area contributed by atoms with E-state index in [4.69, 9.17) is 4.42 Å². The molecule has 140 valence electrons. The molecular formula is C20H12BrFN2O4. The van der Waals surface area contributed by atoms with Crippen LogP contribution in [0.3, 0.4) is 0 Å². The van der Waals surface area contributed by atoms with Gasteiger partial charge in [-0.25, -0.2) is 4.39 Å². The first-order chi connectivity index (χ1) is 13.4. The number of nitrogens with zero attached hydrogens (tertiary/aromatic N) is 1. The first-order valence-corrected chi connectivity index (χ1v) is 9.02. The van der Waals surface area contributed by atoms with Crippen molar-refractivity contribution in [3.8, 4) is 0 Å². The molecular weight excluding hydrogens is 431 g/mol. The maximum Gasteiger partial charge on any atom is 0.261 e. The lowest BCUT2D eigenvalue weighted by atomic mass is 10.1. The van der Waals surface area contributed by atoms with Crippen LogP contribution < -0.4 is 5.32 Å². The number of rotatable bonds is 4. The van der Waals surface area contributed by atoms with E-state index in [2.05, 4.69) is 21.2 Å². The number of furan rings is 1. The minimum absolute atomic E-state index is 0.0173. The lowest BCUT2D eigenvalue weighted by molar-refractivity contribution is 0.0631. The summed E-state index contributed by atoms with van der Waals surface area (Å²) in [6.07, 6.45) is 1.46. The highest BCUT2D eigenvalue weighted by molar-refractivity contribution is 9.10. The van der Waals surface area contributed by atoms with Gasteiger partial charge in [0, 0.05) is 10.0 Å². The maximum atomic E-state index is 13.2. The van der Waals surface area contributed by atoms with Crippen molar-refractivity contribution in [2.24, 2.45) is 0 Å². The van der Waals surface area contributed by atoms with Crippen LogP contribution >= 0.6 is 15.9 Å².